The molecule has 2 atom stereocenters. The Bertz CT molecular complexity index is 751. The van der Waals surface area contributed by atoms with Crippen LogP contribution >= 0.6 is 0 Å². The first-order valence-corrected chi connectivity index (χ1v) is 8.98. The Hall–Kier alpha value is -2.44. The molecule has 6 heteroatoms. The fourth-order valence-corrected chi connectivity index (χ4v) is 3.59. The fraction of sp³-hybridized carbons (Fsp3) is 0.400. The number of nitrogens with zero attached hydrogens (tertiary/aromatic N) is 2. The van der Waals surface area contributed by atoms with Crippen LogP contribution < -0.4 is 5.32 Å². The number of nitro groups is 1. The van der Waals surface area contributed by atoms with Crippen LogP contribution in [0.1, 0.15) is 24.5 Å². The lowest BCUT2D eigenvalue weighted by Crippen LogP contribution is -2.44. The van der Waals surface area contributed by atoms with Crippen molar-refractivity contribution in [3.8, 4) is 0 Å². The standard InChI is InChI=1S/C20H25N3O3/c1-15-12-22(13-16-5-3-2-4-6-16)10-9-18(15)21-19-11-17(14-24)7-8-20(19)23(25)26/h2-8,11,15,18,21,24H,9-10,12-14H2,1H3. The number of nitro benzene ring substituents is 1. The van der Waals surface area contributed by atoms with Gasteiger partial charge in [0.25, 0.3) is 5.69 Å². The average Bonchev–Trinajstić information content (AvgIpc) is 2.64. The van der Waals surface area contributed by atoms with E-state index in [1.54, 1.807) is 12.1 Å². The minimum Gasteiger partial charge on any atom is -0.392 e. The number of hydrogen-bond acceptors (Lipinski definition) is 5. The third-order valence-corrected chi connectivity index (χ3v) is 5.02. The van der Waals surface area contributed by atoms with Crippen LogP contribution in [0, 0.1) is 16.0 Å². The number of rotatable bonds is 6. The van der Waals surface area contributed by atoms with Crippen molar-refractivity contribution in [2.24, 2.45) is 5.92 Å². The molecule has 0 saturated carbocycles. The van der Waals surface area contributed by atoms with Crippen molar-refractivity contribution in [2.45, 2.75) is 32.5 Å². The van der Waals surface area contributed by atoms with E-state index in [4.69, 9.17) is 0 Å². The monoisotopic (exact) mass is 355 g/mol. The normalized spacial score (nSPS) is 20.7. The molecule has 138 valence electrons. The first-order valence-electron chi connectivity index (χ1n) is 8.98. The molecule has 0 spiro atoms. The van der Waals surface area contributed by atoms with Crippen LogP contribution in [0.25, 0.3) is 0 Å². The second-order valence-corrected chi connectivity index (χ2v) is 7.00. The Morgan fingerprint density at radius 2 is 2.00 bits per heavy atom. The number of hydrogen-bond donors (Lipinski definition) is 2. The van der Waals surface area contributed by atoms with Crippen LogP contribution in [-0.2, 0) is 13.2 Å². The molecule has 1 heterocycles. The van der Waals surface area contributed by atoms with Crippen molar-refractivity contribution in [1.29, 1.82) is 0 Å². The summed E-state index contributed by atoms with van der Waals surface area (Å²) in [4.78, 5) is 13.3. The molecule has 1 aliphatic rings. The lowest BCUT2D eigenvalue weighted by molar-refractivity contribution is -0.384. The van der Waals surface area contributed by atoms with Crippen LogP contribution in [0.5, 0.6) is 0 Å². The molecule has 0 amide bonds. The number of nitrogens with one attached hydrogen (secondary N) is 1. The predicted molar refractivity (Wildman–Crippen MR) is 102 cm³/mol. The van der Waals surface area contributed by atoms with Gasteiger partial charge in [-0.05, 0) is 35.6 Å². The molecule has 1 fully saturated rings. The van der Waals surface area contributed by atoms with Crippen molar-refractivity contribution >= 4 is 11.4 Å². The van der Waals surface area contributed by atoms with E-state index in [1.165, 1.54) is 11.6 Å². The first kappa shape index (κ1) is 18.4. The summed E-state index contributed by atoms with van der Waals surface area (Å²) in [5, 5.41) is 24.0. The van der Waals surface area contributed by atoms with Crippen LogP contribution in [0.15, 0.2) is 48.5 Å². The SMILES string of the molecule is CC1CN(Cc2ccccc2)CCC1Nc1cc(CO)ccc1[N+](=O)[O-]. The van der Waals surface area contributed by atoms with Gasteiger partial charge in [0.1, 0.15) is 5.69 Å². The van der Waals surface area contributed by atoms with Crippen molar-refractivity contribution in [3.63, 3.8) is 0 Å². The molecule has 6 nitrogen and oxygen atoms in total. The van der Waals surface area contributed by atoms with Crippen molar-refractivity contribution in [1.82, 2.24) is 4.90 Å². The topological polar surface area (TPSA) is 78.6 Å². The number of anilines is 1. The van der Waals surface area contributed by atoms with Crippen molar-refractivity contribution in [3.05, 3.63) is 69.8 Å². The number of piperidine rings is 1. The summed E-state index contributed by atoms with van der Waals surface area (Å²) in [7, 11) is 0. The molecule has 1 aliphatic heterocycles. The Morgan fingerprint density at radius 1 is 1.23 bits per heavy atom. The molecule has 1 saturated heterocycles. The maximum Gasteiger partial charge on any atom is 0.292 e. The maximum absolute atomic E-state index is 11.3. The zero-order valence-corrected chi connectivity index (χ0v) is 15.0. The van der Waals surface area contributed by atoms with Gasteiger partial charge in [0, 0.05) is 31.7 Å². The smallest absolute Gasteiger partial charge is 0.292 e. The molecular formula is C20H25N3O3. The summed E-state index contributed by atoms with van der Waals surface area (Å²) in [5.74, 6) is 0.366. The van der Waals surface area contributed by atoms with Gasteiger partial charge in [-0.1, -0.05) is 37.3 Å². The van der Waals surface area contributed by atoms with Gasteiger partial charge >= 0.3 is 0 Å². The van der Waals surface area contributed by atoms with E-state index in [0.29, 0.717) is 17.2 Å². The second-order valence-electron chi connectivity index (χ2n) is 7.00. The van der Waals surface area contributed by atoms with Gasteiger partial charge in [-0.2, -0.15) is 0 Å². The van der Waals surface area contributed by atoms with E-state index in [0.717, 1.165) is 26.1 Å². The molecule has 2 unspecified atom stereocenters. The molecule has 2 N–H and O–H groups in total. The summed E-state index contributed by atoms with van der Waals surface area (Å²) in [6.45, 7) is 4.87. The highest BCUT2D eigenvalue weighted by atomic mass is 16.6. The average molecular weight is 355 g/mol. The van der Waals surface area contributed by atoms with E-state index in [9.17, 15) is 15.2 Å². The molecule has 26 heavy (non-hydrogen) atoms. The van der Waals surface area contributed by atoms with E-state index in [2.05, 4.69) is 41.4 Å². The van der Waals surface area contributed by atoms with Gasteiger partial charge in [0.15, 0.2) is 0 Å². The van der Waals surface area contributed by atoms with Gasteiger partial charge < -0.3 is 10.4 Å². The Morgan fingerprint density at radius 3 is 2.65 bits per heavy atom. The van der Waals surface area contributed by atoms with Crippen LogP contribution in [0.3, 0.4) is 0 Å². The number of aliphatic hydroxyl groups excluding tert-OH is 1. The summed E-state index contributed by atoms with van der Waals surface area (Å²) in [6, 6.07) is 15.3. The zero-order chi connectivity index (χ0) is 18.5. The Balaban J connectivity index is 1.66. The van der Waals surface area contributed by atoms with Crippen LogP contribution in [0.4, 0.5) is 11.4 Å². The Kier molecular flexibility index (Phi) is 5.85. The molecule has 2 aromatic rings. The van der Waals surface area contributed by atoms with Gasteiger partial charge in [0.2, 0.25) is 0 Å². The summed E-state index contributed by atoms with van der Waals surface area (Å²) in [5.41, 5.74) is 2.53. The number of aliphatic hydroxyl groups is 1. The molecular weight excluding hydrogens is 330 g/mol. The molecule has 0 aromatic heterocycles. The number of benzene rings is 2. The lowest BCUT2D eigenvalue weighted by Gasteiger charge is -2.37. The second kappa shape index (κ2) is 8.29. The zero-order valence-electron chi connectivity index (χ0n) is 15.0. The molecule has 2 aromatic carbocycles. The third-order valence-electron chi connectivity index (χ3n) is 5.02. The van der Waals surface area contributed by atoms with Gasteiger partial charge in [-0.15, -0.1) is 0 Å². The van der Waals surface area contributed by atoms with Gasteiger partial charge in [0.05, 0.1) is 11.5 Å². The summed E-state index contributed by atoms with van der Waals surface area (Å²) < 4.78 is 0. The van der Waals surface area contributed by atoms with Crippen LogP contribution in [0.2, 0.25) is 0 Å². The van der Waals surface area contributed by atoms with E-state index < -0.39 is 0 Å². The number of likely N-dealkylation sites (tertiary alicyclic amines) is 1. The van der Waals surface area contributed by atoms with Gasteiger partial charge in [-0.25, -0.2) is 0 Å². The lowest BCUT2D eigenvalue weighted by atomic mass is 9.93. The third kappa shape index (κ3) is 4.39. The quantitative estimate of drug-likeness (QED) is 0.613. The minimum absolute atomic E-state index is 0.0566. The summed E-state index contributed by atoms with van der Waals surface area (Å²) in [6.07, 6.45) is 0.925. The largest absolute Gasteiger partial charge is 0.392 e. The fourth-order valence-electron chi connectivity index (χ4n) is 3.59. The van der Waals surface area contributed by atoms with Crippen LogP contribution in [-0.4, -0.2) is 34.1 Å². The molecule has 3 rings (SSSR count). The van der Waals surface area contributed by atoms with E-state index in [1.807, 2.05) is 6.07 Å². The van der Waals surface area contributed by atoms with E-state index in [-0.39, 0.29) is 23.3 Å². The predicted octanol–water partition coefficient (Wildman–Crippen LogP) is 3.41. The summed E-state index contributed by atoms with van der Waals surface area (Å²) >= 11 is 0. The Labute approximate surface area is 153 Å². The minimum atomic E-state index is -0.376. The van der Waals surface area contributed by atoms with E-state index >= 15 is 0 Å². The highest BCUT2D eigenvalue weighted by molar-refractivity contribution is 5.63. The maximum atomic E-state index is 11.3. The van der Waals surface area contributed by atoms with Crippen molar-refractivity contribution in [2.75, 3.05) is 18.4 Å². The molecule has 0 radical (unpaired) electrons. The molecule has 0 bridgehead atoms. The first-order chi connectivity index (χ1) is 12.6. The highest BCUT2D eigenvalue weighted by Gasteiger charge is 2.28. The van der Waals surface area contributed by atoms with Crippen molar-refractivity contribution < 1.29 is 10.0 Å². The van der Waals surface area contributed by atoms with Gasteiger partial charge in [-0.3, -0.25) is 15.0 Å². The molecule has 0 aliphatic carbocycles. The highest BCUT2D eigenvalue weighted by Crippen LogP contribution is 2.29.